The Bertz CT molecular complexity index is 1280. The Morgan fingerprint density at radius 1 is 1.21 bits per heavy atom. The molecule has 1 aliphatic heterocycles. The second-order valence-corrected chi connectivity index (χ2v) is 12.5. The van der Waals surface area contributed by atoms with Gasteiger partial charge in [-0.3, -0.25) is 0 Å². The third-order valence-corrected chi connectivity index (χ3v) is 10.4. The summed E-state index contributed by atoms with van der Waals surface area (Å²) in [7, 11) is -1.69. The van der Waals surface area contributed by atoms with Gasteiger partial charge in [-0.1, -0.05) is 0 Å². The Morgan fingerprint density at radius 2 is 1.97 bits per heavy atom. The normalized spacial score (nSPS) is 15.6. The number of nitrogens with zero attached hydrogens (tertiary/aromatic N) is 1. The number of ether oxygens (including phenoxy) is 1. The zero-order chi connectivity index (χ0) is 24.3. The number of carbonyl (C=O) groups excluding carboxylic acids is 1. The molecule has 0 bridgehead atoms. The topological polar surface area (TPSA) is 105 Å². The van der Waals surface area contributed by atoms with Crippen LogP contribution in [0, 0.1) is 0 Å². The summed E-state index contributed by atoms with van der Waals surface area (Å²) in [4.78, 5) is 15.6. The molecular formula is C25H30N3O4STl. The van der Waals surface area contributed by atoms with Crippen LogP contribution in [0.5, 0.6) is 0 Å². The molecule has 3 N–H and O–H groups in total. The fourth-order valence-electron chi connectivity index (χ4n) is 4.79. The molecule has 4 rings (SSSR count). The Morgan fingerprint density at radius 3 is 2.65 bits per heavy atom. The van der Waals surface area contributed by atoms with E-state index < -0.39 is 15.9 Å². The molecule has 0 atom stereocenters. The molecule has 178 valence electrons. The van der Waals surface area contributed by atoms with Gasteiger partial charge in [0.05, 0.1) is 5.75 Å². The van der Waals surface area contributed by atoms with E-state index in [1.165, 1.54) is 5.56 Å². The van der Waals surface area contributed by atoms with Crippen LogP contribution in [-0.2, 0) is 18.7 Å². The van der Waals surface area contributed by atoms with E-state index in [4.69, 9.17) is 10.5 Å². The van der Waals surface area contributed by atoms with Gasteiger partial charge in [-0.2, -0.15) is 0 Å². The van der Waals surface area contributed by atoms with Gasteiger partial charge in [0.1, 0.15) is 0 Å². The molecule has 0 aliphatic carbocycles. The van der Waals surface area contributed by atoms with Crippen LogP contribution in [0.4, 0.5) is 0 Å². The van der Waals surface area contributed by atoms with Gasteiger partial charge in [-0.15, -0.1) is 0 Å². The molecule has 2 aromatic carbocycles. The predicted molar refractivity (Wildman–Crippen MR) is 136 cm³/mol. The first-order valence-corrected chi connectivity index (χ1v) is 16.3. The number of hydrogen-bond acceptors (Lipinski definition) is 4. The molecule has 0 spiro atoms. The molecule has 7 nitrogen and oxygen atoms in total. The number of amides is 1. The fraction of sp³-hybridized carbons (Fsp3) is 0.400. The summed E-state index contributed by atoms with van der Waals surface area (Å²) in [5.74, 6) is -0.133. The summed E-state index contributed by atoms with van der Waals surface area (Å²) in [6.07, 6.45) is 3.94. The second-order valence-electron chi connectivity index (χ2n) is 8.79. The van der Waals surface area contributed by atoms with E-state index in [0.717, 1.165) is 70.2 Å². The molecule has 0 radical (unpaired) electrons. The van der Waals surface area contributed by atoms with Crippen molar-refractivity contribution in [3.63, 3.8) is 0 Å². The molecule has 0 saturated carbocycles. The molecule has 1 aliphatic rings. The monoisotopic (exact) mass is 673 g/mol. The molecule has 1 amide bonds. The van der Waals surface area contributed by atoms with Crippen LogP contribution >= 0.6 is 0 Å². The van der Waals surface area contributed by atoms with E-state index in [0.29, 0.717) is 31.7 Å². The molecule has 3 aromatic rings. The molecule has 1 saturated heterocycles. The summed E-state index contributed by atoms with van der Waals surface area (Å²) >= 11 is 0.884. The number of hydrogen-bond donors (Lipinski definition) is 2. The van der Waals surface area contributed by atoms with Crippen molar-refractivity contribution in [2.24, 2.45) is 5.73 Å². The summed E-state index contributed by atoms with van der Waals surface area (Å²) in [5, 5.41) is 0.992. The molecule has 34 heavy (non-hydrogen) atoms. The van der Waals surface area contributed by atoms with Crippen LogP contribution in [0.25, 0.3) is 22.0 Å². The number of carbonyl (C=O) groups is 1. The number of H-pyrrole nitrogens is 1. The van der Waals surface area contributed by atoms with E-state index in [-0.39, 0.29) is 11.7 Å². The van der Waals surface area contributed by atoms with Crippen molar-refractivity contribution < 1.29 is 17.9 Å². The number of sulfonamides is 1. The maximum absolute atomic E-state index is 12.7. The third kappa shape index (κ3) is 5.39. The first-order chi connectivity index (χ1) is 16.3. The summed E-state index contributed by atoms with van der Waals surface area (Å²) in [6, 6.07) is 12.4. The number of methoxy groups -OCH3 is 1. The van der Waals surface area contributed by atoms with Gasteiger partial charge < -0.3 is 4.74 Å². The van der Waals surface area contributed by atoms with Gasteiger partial charge in [0, 0.05) is 13.7 Å². The van der Waals surface area contributed by atoms with Crippen LogP contribution in [0.1, 0.15) is 46.7 Å². The standard InChI is InChI=1S/C25H30N3O4S.Tl/c1-17-5-3-6-19(13-17)20-14-21-23(16-27-24(21)22(15-20)25(26)29)18-7-9-28(10-8-18)33(30,31)12-4-11-32-2;/h3,5-6,13-16,18,27H,1,4,7-12H2,2H3,(H2,26,29);. The van der Waals surface area contributed by atoms with Crippen LogP contribution in [0.15, 0.2) is 42.6 Å². The predicted octanol–water partition coefficient (Wildman–Crippen LogP) is 3.15. The Balaban J connectivity index is 1.63. The van der Waals surface area contributed by atoms with Crippen molar-refractivity contribution in [3.8, 4) is 11.1 Å². The van der Waals surface area contributed by atoms with Gasteiger partial charge in [0.2, 0.25) is 10.0 Å². The third-order valence-electron chi connectivity index (χ3n) is 6.62. The number of rotatable bonds is 9. The van der Waals surface area contributed by atoms with Crippen molar-refractivity contribution >= 4 is 52.6 Å². The quantitative estimate of drug-likeness (QED) is 0.269. The Kier molecular flexibility index (Phi) is 8.11. The van der Waals surface area contributed by atoms with Crippen LogP contribution < -0.4 is 5.73 Å². The van der Waals surface area contributed by atoms with Crippen molar-refractivity contribution in [2.45, 2.75) is 29.2 Å². The number of aromatic nitrogens is 1. The zero-order valence-corrected chi connectivity index (χ0v) is 24.7. The van der Waals surface area contributed by atoms with Gasteiger partial charge in [-0.25, -0.2) is 8.42 Å². The summed E-state index contributed by atoms with van der Waals surface area (Å²) < 4.78 is 33.0. The first kappa shape index (κ1) is 25.3. The maximum atomic E-state index is 12.7. The van der Waals surface area contributed by atoms with Crippen molar-refractivity contribution in [1.82, 2.24) is 9.29 Å². The number of fused-ring (bicyclic) bond motifs is 1. The van der Waals surface area contributed by atoms with E-state index in [9.17, 15) is 13.2 Å². The van der Waals surface area contributed by atoms with E-state index in [2.05, 4.69) is 35.3 Å². The Hall–Kier alpha value is -1.76. The van der Waals surface area contributed by atoms with Crippen LogP contribution in [-0.4, -0.2) is 81.9 Å². The number of nitrogens with one attached hydrogen (secondary N) is 1. The first-order valence-electron chi connectivity index (χ1n) is 11.5. The molecular weight excluding hydrogens is 643 g/mol. The van der Waals surface area contributed by atoms with Gasteiger partial charge in [-0.05, 0) is 6.42 Å². The van der Waals surface area contributed by atoms with Gasteiger partial charge in [0.25, 0.3) is 0 Å². The fourth-order valence-corrected chi connectivity index (χ4v) is 7.28. The van der Waals surface area contributed by atoms with E-state index in [1.807, 2.05) is 12.3 Å². The van der Waals surface area contributed by atoms with E-state index in [1.54, 1.807) is 11.4 Å². The van der Waals surface area contributed by atoms with Crippen molar-refractivity contribution in [2.75, 3.05) is 32.6 Å². The number of piperidine rings is 1. The molecule has 0 unspecified atom stereocenters. The SMILES string of the molecule is COCCCS(=O)(=O)N1CCC(c2c[nH]c3c(C(N)=O)cc(-c4cccc([CH2][Tl])c4)cc23)CC1. The van der Waals surface area contributed by atoms with Gasteiger partial charge in [0.15, 0.2) is 0 Å². The van der Waals surface area contributed by atoms with Crippen molar-refractivity contribution in [1.29, 1.82) is 0 Å². The number of primary amides is 1. The molecule has 1 aromatic heterocycles. The number of aromatic amines is 1. The molecule has 2 heterocycles. The zero-order valence-electron chi connectivity index (χ0n) is 19.4. The summed E-state index contributed by atoms with van der Waals surface area (Å²) in [5.41, 5.74) is 11.5. The van der Waals surface area contributed by atoms with Crippen molar-refractivity contribution in [3.05, 3.63) is 59.3 Å². The average Bonchev–Trinajstić information content (AvgIpc) is 3.27. The minimum absolute atomic E-state index is 0.115. The van der Waals surface area contributed by atoms with Crippen LogP contribution in [0.2, 0.25) is 0 Å². The second kappa shape index (κ2) is 10.9. The number of benzene rings is 2. The summed E-state index contributed by atoms with van der Waals surface area (Å²) in [6.45, 7) is 1.44. The average molecular weight is 673 g/mol. The number of nitrogens with two attached hydrogens (primary N) is 1. The minimum atomic E-state index is -3.27. The molecule has 1 fully saturated rings. The molecule has 9 heteroatoms. The van der Waals surface area contributed by atoms with Crippen LogP contribution in [0.3, 0.4) is 0 Å². The van der Waals surface area contributed by atoms with Gasteiger partial charge >= 0.3 is 169 Å². The Labute approximate surface area is 216 Å². The van der Waals surface area contributed by atoms with E-state index >= 15 is 0 Å².